The number of ether oxygens (including phenoxy) is 3. The van der Waals surface area contributed by atoms with E-state index in [-0.39, 0.29) is 12.3 Å². The van der Waals surface area contributed by atoms with Crippen LogP contribution in [-0.4, -0.2) is 74.6 Å². The maximum absolute atomic E-state index is 13.9. The Bertz CT molecular complexity index is 1430. The molecule has 1 saturated heterocycles. The number of carbonyl (C=O) groups excluding carboxylic acids is 1. The minimum atomic E-state index is -3.08. The van der Waals surface area contributed by atoms with Crippen molar-refractivity contribution in [2.24, 2.45) is 0 Å². The minimum Gasteiger partial charge on any atom is -0.480 e. The third-order valence-corrected chi connectivity index (χ3v) is 7.69. The molecule has 0 saturated carbocycles. The lowest BCUT2D eigenvalue weighted by atomic mass is 9.85. The quantitative estimate of drug-likeness (QED) is 0.222. The number of rotatable bonds is 14. The van der Waals surface area contributed by atoms with Gasteiger partial charge in [0.25, 0.3) is 5.91 Å². The Morgan fingerprint density at radius 1 is 0.841 bits per heavy atom. The molecule has 44 heavy (non-hydrogen) atoms. The summed E-state index contributed by atoms with van der Waals surface area (Å²) in [5, 5.41) is 29.0. The Morgan fingerprint density at radius 3 is 1.95 bits per heavy atom. The molecule has 1 aliphatic rings. The fourth-order valence-electron chi connectivity index (χ4n) is 5.37. The predicted octanol–water partition coefficient (Wildman–Crippen LogP) is 4.56. The van der Waals surface area contributed by atoms with Gasteiger partial charge in [0.05, 0.1) is 6.10 Å². The van der Waals surface area contributed by atoms with Crippen LogP contribution >= 0.6 is 0 Å². The third-order valence-electron chi connectivity index (χ3n) is 7.69. The van der Waals surface area contributed by atoms with Gasteiger partial charge in [-0.1, -0.05) is 67.6 Å². The fourth-order valence-corrected chi connectivity index (χ4v) is 5.37. The van der Waals surface area contributed by atoms with Crippen molar-refractivity contribution in [1.29, 1.82) is 0 Å². The van der Waals surface area contributed by atoms with Crippen LogP contribution in [0, 0.1) is 0 Å². The lowest BCUT2D eigenvalue weighted by molar-refractivity contribution is -0.220. The van der Waals surface area contributed by atoms with Gasteiger partial charge in [0, 0.05) is 12.0 Å². The van der Waals surface area contributed by atoms with Crippen LogP contribution in [-0.2, 0) is 35.1 Å². The average Bonchev–Trinajstić information content (AvgIpc) is 3.43. The summed E-state index contributed by atoms with van der Waals surface area (Å²) in [7, 11) is 0. The first-order chi connectivity index (χ1) is 21.1. The number of hydrogen-bond donors (Lipinski definition) is 3. The van der Waals surface area contributed by atoms with E-state index in [4.69, 9.17) is 14.2 Å². The van der Waals surface area contributed by atoms with E-state index < -0.39 is 54.4 Å². The topological polar surface area (TPSA) is 160 Å². The van der Waals surface area contributed by atoms with Crippen molar-refractivity contribution < 1.29 is 48.7 Å². The van der Waals surface area contributed by atoms with Gasteiger partial charge in [-0.2, -0.15) is 0 Å². The van der Waals surface area contributed by atoms with Crippen molar-refractivity contribution in [3.05, 3.63) is 96.1 Å². The van der Waals surface area contributed by atoms with Gasteiger partial charge in [0.2, 0.25) is 0 Å². The molecular weight excluding hydrogens is 570 g/mol. The van der Waals surface area contributed by atoms with E-state index in [1.165, 1.54) is 0 Å². The lowest BCUT2D eigenvalue weighted by Crippen LogP contribution is -2.52. The number of aryl methyl sites for hydroxylation is 1. The molecule has 1 amide bonds. The smallest absolute Gasteiger partial charge is 0.377 e. The highest BCUT2D eigenvalue weighted by Gasteiger charge is 2.62. The first-order valence-electron chi connectivity index (χ1n) is 14.3. The molecule has 1 heterocycles. The maximum Gasteiger partial charge on any atom is 0.377 e. The summed E-state index contributed by atoms with van der Waals surface area (Å²) in [6, 6.07) is 25.5. The summed E-state index contributed by atoms with van der Waals surface area (Å²) in [4.78, 5) is 50.8. The van der Waals surface area contributed by atoms with Crippen LogP contribution < -0.4 is 4.74 Å². The molecule has 0 aromatic heterocycles. The highest BCUT2D eigenvalue weighted by molar-refractivity contribution is 6.01. The van der Waals surface area contributed by atoms with Crippen LogP contribution in [0.25, 0.3) is 0 Å². The van der Waals surface area contributed by atoms with E-state index in [0.29, 0.717) is 24.3 Å². The van der Waals surface area contributed by atoms with Crippen LogP contribution in [0.3, 0.4) is 0 Å². The van der Waals surface area contributed by atoms with Crippen LogP contribution in [0.15, 0.2) is 84.9 Å². The molecule has 4 rings (SSSR count). The Kier molecular flexibility index (Phi) is 10.4. The predicted molar refractivity (Wildman–Crippen MR) is 157 cm³/mol. The van der Waals surface area contributed by atoms with Gasteiger partial charge in [0.15, 0.2) is 6.10 Å². The number of carbonyl (C=O) groups is 4. The van der Waals surface area contributed by atoms with E-state index in [1.54, 1.807) is 26.0 Å². The fraction of sp³-hybridized carbons (Fsp3) is 0.333. The van der Waals surface area contributed by atoms with Gasteiger partial charge in [0.1, 0.15) is 18.0 Å². The Morgan fingerprint density at radius 2 is 1.41 bits per heavy atom. The number of carboxylic acids is 3. The minimum absolute atomic E-state index is 0.0499. The van der Waals surface area contributed by atoms with Gasteiger partial charge >= 0.3 is 23.7 Å². The molecule has 0 spiro atoms. The van der Waals surface area contributed by atoms with Crippen molar-refractivity contribution in [3.8, 4) is 11.5 Å². The number of para-hydroxylation sites is 1. The lowest BCUT2D eigenvalue weighted by Gasteiger charge is -2.36. The van der Waals surface area contributed by atoms with Crippen molar-refractivity contribution in [2.45, 2.75) is 63.1 Å². The summed E-state index contributed by atoms with van der Waals surface area (Å²) in [6.45, 7) is 2.57. The molecule has 232 valence electrons. The highest BCUT2D eigenvalue weighted by atomic mass is 16.8. The van der Waals surface area contributed by atoms with Gasteiger partial charge in [-0.25, -0.2) is 9.59 Å². The number of hydrogen-bond acceptors (Lipinski definition) is 7. The zero-order valence-corrected chi connectivity index (χ0v) is 24.4. The van der Waals surface area contributed by atoms with Crippen molar-refractivity contribution in [1.82, 2.24) is 4.90 Å². The third kappa shape index (κ3) is 7.24. The number of benzene rings is 3. The molecular formula is C33H35NO10. The van der Waals surface area contributed by atoms with Gasteiger partial charge < -0.3 is 34.4 Å². The normalized spacial score (nSPS) is 18.6. The molecule has 0 radical (unpaired) electrons. The molecule has 0 bridgehead atoms. The van der Waals surface area contributed by atoms with Crippen LogP contribution in [0.2, 0.25) is 0 Å². The van der Waals surface area contributed by atoms with E-state index >= 15 is 0 Å². The SMILES string of the molecule is CC[C@@H]1OC(C(=O)O)(C(=O)O)O[C@@H]1C(=O)N(CC(=O)O)[C@H](C)[C@H](CCc1ccccc1)c1ccc(Oc2ccccc2)cc1. The number of carboxylic acid groups (broad SMARTS) is 3. The molecule has 3 aromatic rings. The number of amides is 1. The van der Waals surface area contributed by atoms with Crippen LogP contribution in [0.5, 0.6) is 11.5 Å². The molecule has 11 heteroatoms. The van der Waals surface area contributed by atoms with Crippen molar-refractivity contribution in [3.63, 3.8) is 0 Å². The average molecular weight is 606 g/mol. The van der Waals surface area contributed by atoms with Crippen molar-refractivity contribution >= 4 is 23.8 Å². The second-order valence-corrected chi connectivity index (χ2v) is 10.5. The standard InChI is InChI=1S/C33H35NO10/c1-3-27-29(44-33(43-27,31(38)39)32(40)41)30(37)34(20-28(35)36)21(2)26(19-14-22-10-6-4-7-11-22)23-15-17-25(18-16-23)42-24-12-8-5-9-13-24/h4-13,15-18,21,26-27,29H,3,14,19-20H2,1-2H3,(H,35,36)(H,38,39)(H,40,41)/t21-,26+,27+,29+/m1/s1. The monoisotopic (exact) mass is 605 g/mol. The van der Waals surface area contributed by atoms with Gasteiger partial charge in [-0.05, 0) is 61.6 Å². The molecule has 3 N–H and O–H groups in total. The number of aliphatic carboxylic acids is 3. The molecule has 11 nitrogen and oxygen atoms in total. The summed E-state index contributed by atoms with van der Waals surface area (Å²) in [5.74, 6) is -8.22. The largest absolute Gasteiger partial charge is 0.480 e. The van der Waals surface area contributed by atoms with E-state index in [0.717, 1.165) is 16.0 Å². The van der Waals surface area contributed by atoms with E-state index in [9.17, 15) is 34.5 Å². The van der Waals surface area contributed by atoms with Gasteiger partial charge in [-0.3, -0.25) is 9.59 Å². The van der Waals surface area contributed by atoms with E-state index in [1.807, 2.05) is 72.8 Å². The summed E-state index contributed by atoms with van der Waals surface area (Å²) in [6.07, 6.45) is -1.68. The summed E-state index contributed by atoms with van der Waals surface area (Å²) < 4.78 is 16.5. The highest BCUT2D eigenvalue weighted by Crippen LogP contribution is 2.36. The van der Waals surface area contributed by atoms with Crippen molar-refractivity contribution in [2.75, 3.05) is 6.54 Å². The zero-order chi connectivity index (χ0) is 31.9. The second kappa shape index (κ2) is 14.2. The molecule has 4 atom stereocenters. The Labute approximate surface area is 254 Å². The first-order valence-corrected chi connectivity index (χ1v) is 14.3. The molecule has 3 aromatic carbocycles. The molecule has 0 aliphatic carbocycles. The van der Waals surface area contributed by atoms with Crippen LogP contribution in [0.4, 0.5) is 0 Å². The summed E-state index contributed by atoms with van der Waals surface area (Å²) in [5.41, 5.74) is 1.87. The Balaban J connectivity index is 1.66. The number of nitrogens with zero attached hydrogens (tertiary/aromatic N) is 1. The zero-order valence-electron chi connectivity index (χ0n) is 24.4. The maximum atomic E-state index is 13.9. The molecule has 1 aliphatic heterocycles. The van der Waals surface area contributed by atoms with Gasteiger partial charge in [-0.15, -0.1) is 0 Å². The summed E-state index contributed by atoms with van der Waals surface area (Å²) >= 11 is 0. The Hall–Kier alpha value is -4.74. The first kappa shape index (κ1) is 32.2. The van der Waals surface area contributed by atoms with E-state index in [2.05, 4.69) is 0 Å². The molecule has 0 unspecified atom stereocenters. The molecule has 1 fully saturated rings. The second-order valence-electron chi connectivity index (χ2n) is 10.5. The van der Waals surface area contributed by atoms with Crippen LogP contribution in [0.1, 0.15) is 43.7 Å².